The summed E-state index contributed by atoms with van der Waals surface area (Å²) in [6.45, 7) is 13.1. The minimum atomic E-state index is -0.218. The fourth-order valence-electron chi connectivity index (χ4n) is 2.32. The first-order chi connectivity index (χ1) is 9.07. The summed E-state index contributed by atoms with van der Waals surface area (Å²) >= 11 is 0. The molecule has 0 aliphatic carbocycles. The van der Waals surface area contributed by atoms with Crippen molar-refractivity contribution in [2.24, 2.45) is 10.8 Å². The number of ether oxygens (including phenoxy) is 1. The van der Waals surface area contributed by atoms with Gasteiger partial charge < -0.3 is 4.74 Å². The van der Waals surface area contributed by atoms with E-state index in [0.29, 0.717) is 5.56 Å². The van der Waals surface area contributed by atoms with E-state index in [-0.39, 0.29) is 22.9 Å². The Bertz CT molecular complexity index is 405. The van der Waals surface area contributed by atoms with E-state index in [1.165, 1.54) is 0 Å². The number of hydrogen-bond acceptors (Lipinski definition) is 2. The summed E-state index contributed by atoms with van der Waals surface area (Å²) in [6.07, 6.45) is 1.72. The van der Waals surface area contributed by atoms with Gasteiger partial charge in [0.05, 0.1) is 5.56 Å². The van der Waals surface area contributed by atoms with Gasteiger partial charge in [-0.3, -0.25) is 0 Å². The lowest BCUT2D eigenvalue weighted by Gasteiger charge is -2.30. The lowest BCUT2D eigenvalue weighted by molar-refractivity contribution is 0.00832. The highest BCUT2D eigenvalue weighted by Crippen LogP contribution is 2.30. The fourth-order valence-corrected chi connectivity index (χ4v) is 2.32. The molecule has 0 amide bonds. The summed E-state index contributed by atoms with van der Waals surface area (Å²) in [6, 6.07) is 9.22. The summed E-state index contributed by atoms with van der Waals surface area (Å²) in [5.41, 5.74) is 0.917. The van der Waals surface area contributed by atoms with Gasteiger partial charge in [-0.2, -0.15) is 0 Å². The molecule has 2 heteroatoms. The summed E-state index contributed by atoms with van der Waals surface area (Å²) in [4.78, 5) is 12.2. The molecule has 0 aliphatic heterocycles. The Morgan fingerprint density at radius 1 is 0.950 bits per heavy atom. The fraction of sp³-hybridized carbons (Fsp3) is 0.611. The van der Waals surface area contributed by atoms with Gasteiger partial charge in [-0.1, -0.05) is 59.7 Å². The van der Waals surface area contributed by atoms with Gasteiger partial charge in [0.2, 0.25) is 0 Å². The Labute approximate surface area is 123 Å². The third-order valence-electron chi connectivity index (χ3n) is 2.96. The number of carbonyl (C=O) groups excluding carboxylic acids is 1. The minimum absolute atomic E-state index is 0.0392. The molecule has 0 bridgehead atoms. The molecule has 112 valence electrons. The summed E-state index contributed by atoms with van der Waals surface area (Å²) in [7, 11) is 0. The van der Waals surface area contributed by atoms with Gasteiger partial charge in [-0.25, -0.2) is 4.79 Å². The summed E-state index contributed by atoms with van der Waals surface area (Å²) < 4.78 is 5.75. The number of carbonyl (C=O) groups is 1. The molecular formula is C18H28O2. The zero-order chi connectivity index (χ0) is 15.4. The van der Waals surface area contributed by atoms with Gasteiger partial charge in [0, 0.05) is 0 Å². The van der Waals surface area contributed by atoms with Crippen LogP contribution in [-0.4, -0.2) is 12.1 Å². The average Bonchev–Trinajstić information content (AvgIpc) is 2.25. The van der Waals surface area contributed by atoms with Gasteiger partial charge in [-0.15, -0.1) is 0 Å². The van der Waals surface area contributed by atoms with E-state index >= 15 is 0 Å². The Morgan fingerprint density at radius 3 is 1.80 bits per heavy atom. The maximum atomic E-state index is 12.2. The Morgan fingerprint density at radius 2 is 1.40 bits per heavy atom. The molecule has 0 radical (unpaired) electrons. The minimum Gasteiger partial charge on any atom is -0.459 e. The topological polar surface area (TPSA) is 26.3 Å². The maximum absolute atomic E-state index is 12.2. The molecule has 0 saturated carbocycles. The van der Waals surface area contributed by atoms with Gasteiger partial charge in [0.15, 0.2) is 0 Å². The van der Waals surface area contributed by atoms with Gasteiger partial charge in [0.25, 0.3) is 0 Å². The van der Waals surface area contributed by atoms with E-state index in [2.05, 4.69) is 41.5 Å². The average molecular weight is 276 g/mol. The lowest BCUT2D eigenvalue weighted by atomic mass is 9.82. The Balaban J connectivity index is 2.76. The van der Waals surface area contributed by atoms with Crippen molar-refractivity contribution in [2.75, 3.05) is 0 Å². The molecule has 20 heavy (non-hydrogen) atoms. The second kappa shape index (κ2) is 6.43. The first kappa shape index (κ1) is 16.7. The third-order valence-corrected chi connectivity index (χ3v) is 2.96. The molecule has 0 saturated heterocycles. The predicted octanol–water partition coefficient (Wildman–Crippen LogP) is 5.08. The van der Waals surface area contributed by atoms with E-state index in [9.17, 15) is 4.79 Å². The normalized spacial score (nSPS) is 12.6. The van der Waals surface area contributed by atoms with Crippen LogP contribution in [0.25, 0.3) is 0 Å². The van der Waals surface area contributed by atoms with Gasteiger partial charge in [0.1, 0.15) is 6.10 Å². The van der Waals surface area contributed by atoms with Crippen LogP contribution in [0.5, 0.6) is 0 Å². The van der Waals surface area contributed by atoms with Crippen LogP contribution in [0, 0.1) is 10.8 Å². The van der Waals surface area contributed by atoms with E-state index in [4.69, 9.17) is 4.74 Å². The molecule has 1 rings (SSSR count). The van der Waals surface area contributed by atoms with Crippen LogP contribution < -0.4 is 0 Å². The molecule has 0 spiro atoms. The molecule has 0 atom stereocenters. The van der Waals surface area contributed by atoms with Crippen molar-refractivity contribution in [3.8, 4) is 0 Å². The zero-order valence-electron chi connectivity index (χ0n) is 13.7. The van der Waals surface area contributed by atoms with Crippen molar-refractivity contribution in [3.05, 3.63) is 35.9 Å². The van der Waals surface area contributed by atoms with Crippen LogP contribution in [0.4, 0.5) is 0 Å². The Hall–Kier alpha value is -1.31. The van der Waals surface area contributed by atoms with E-state index in [1.807, 2.05) is 18.2 Å². The highest BCUT2D eigenvalue weighted by molar-refractivity contribution is 5.89. The molecule has 0 unspecified atom stereocenters. The second-order valence-electron chi connectivity index (χ2n) is 7.92. The second-order valence-corrected chi connectivity index (χ2v) is 7.92. The number of hydrogen-bond donors (Lipinski definition) is 0. The first-order valence-electron chi connectivity index (χ1n) is 7.33. The van der Waals surface area contributed by atoms with Crippen LogP contribution >= 0.6 is 0 Å². The van der Waals surface area contributed by atoms with Crippen molar-refractivity contribution in [1.29, 1.82) is 0 Å². The molecular weight excluding hydrogens is 248 g/mol. The summed E-state index contributed by atoms with van der Waals surface area (Å²) in [5, 5.41) is 0. The predicted molar refractivity (Wildman–Crippen MR) is 83.8 cm³/mol. The molecule has 0 N–H and O–H groups in total. The highest BCUT2D eigenvalue weighted by atomic mass is 16.5. The monoisotopic (exact) mass is 276 g/mol. The Kier molecular flexibility index (Phi) is 5.38. The smallest absolute Gasteiger partial charge is 0.338 e. The maximum Gasteiger partial charge on any atom is 0.338 e. The van der Waals surface area contributed by atoms with Crippen molar-refractivity contribution in [3.63, 3.8) is 0 Å². The first-order valence-corrected chi connectivity index (χ1v) is 7.33. The molecule has 2 nitrogen and oxygen atoms in total. The number of rotatable bonds is 4. The third kappa shape index (κ3) is 6.74. The molecule has 0 aromatic heterocycles. The van der Waals surface area contributed by atoms with Crippen molar-refractivity contribution in [1.82, 2.24) is 0 Å². The van der Waals surface area contributed by atoms with Gasteiger partial charge >= 0.3 is 5.97 Å². The molecule has 0 heterocycles. The van der Waals surface area contributed by atoms with E-state index in [1.54, 1.807) is 12.1 Å². The van der Waals surface area contributed by atoms with Gasteiger partial charge in [-0.05, 0) is 35.8 Å². The van der Waals surface area contributed by atoms with E-state index in [0.717, 1.165) is 12.8 Å². The zero-order valence-corrected chi connectivity index (χ0v) is 13.7. The van der Waals surface area contributed by atoms with Crippen LogP contribution in [0.15, 0.2) is 30.3 Å². The van der Waals surface area contributed by atoms with E-state index < -0.39 is 0 Å². The SMILES string of the molecule is CC(C)(C)CC(CC(C)(C)C)OC(=O)c1ccccc1. The molecule has 0 fully saturated rings. The van der Waals surface area contributed by atoms with Crippen LogP contribution in [0.3, 0.4) is 0 Å². The van der Waals surface area contributed by atoms with Crippen LogP contribution in [0.1, 0.15) is 64.7 Å². The summed E-state index contributed by atoms with van der Waals surface area (Å²) in [5.74, 6) is -0.218. The number of benzene rings is 1. The molecule has 0 aliphatic rings. The largest absolute Gasteiger partial charge is 0.459 e. The van der Waals surface area contributed by atoms with Crippen LogP contribution in [-0.2, 0) is 4.74 Å². The highest BCUT2D eigenvalue weighted by Gasteiger charge is 2.27. The van der Waals surface area contributed by atoms with Crippen molar-refractivity contribution >= 4 is 5.97 Å². The quantitative estimate of drug-likeness (QED) is 0.716. The van der Waals surface area contributed by atoms with Crippen molar-refractivity contribution in [2.45, 2.75) is 60.5 Å². The van der Waals surface area contributed by atoms with Crippen LogP contribution in [0.2, 0.25) is 0 Å². The standard InChI is InChI=1S/C18H28O2/c1-17(2,3)12-15(13-18(4,5)6)20-16(19)14-10-8-7-9-11-14/h7-11,15H,12-13H2,1-6H3. The lowest BCUT2D eigenvalue weighted by Crippen LogP contribution is -2.28. The van der Waals surface area contributed by atoms with Crippen molar-refractivity contribution < 1.29 is 9.53 Å². The number of esters is 1. The molecule has 1 aromatic rings. The molecule has 1 aromatic carbocycles.